The van der Waals surface area contributed by atoms with Gasteiger partial charge in [-0.25, -0.2) is 15.0 Å². The lowest BCUT2D eigenvalue weighted by Gasteiger charge is -2.10. The number of hydrogen-bond acceptors (Lipinski definition) is 4. The molecule has 2 rings (SSSR count). The van der Waals surface area contributed by atoms with Crippen LogP contribution in [-0.4, -0.2) is 41.7 Å². The van der Waals surface area contributed by atoms with E-state index in [9.17, 15) is 13.2 Å². The van der Waals surface area contributed by atoms with Gasteiger partial charge in [0.25, 0.3) is 0 Å². The third kappa shape index (κ3) is 4.44. The molecule has 0 aliphatic rings. The predicted octanol–water partition coefficient (Wildman–Crippen LogP) is 3.26. The van der Waals surface area contributed by atoms with Crippen LogP contribution in [0, 0.1) is 0 Å². The van der Waals surface area contributed by atoms with Crippen LogP contribution in [0.25, 0.3) is 11.3 Å². The molecular weight excluding hydrogens is 297 g/mol. The SMILES string of the molecule is CN(C)C=Nc1cncnc1-c1ccc(OC(F)(F)F)cc1. The van der Waals surface area contributed by atoms with Gasteiger partial charge in [-0.2, -0.15) is 0 Å². The van der Waals surface area contributed by atoms with Crippen LogP contribution < -0.4 is 4.74 Å². The quantitative estimate of drug-likeness (QED) is 0.642. The van der Waals surface area contributed by atoms with Crippen LogP contribution in [0.3, 0.4) is 0 Å². The molecule has 2 aromatic rings. The van der Waals surface area contributed by atoms with Crippen LogP contribution in [-0.2, 0) is 0 Å². The molecule has 0 aliphatic carbocycles. The molecule has 0 amide bonds. The Morgan fingerprint density at radius 2 is 1.86 bits per heavy atom. The van der Waals surface area contributed by atoms with Crippen LogP contribution in [0.5, 0.6) is 5.75 Å². The zero-order chi connectivity index (χ0) is 16.2. The summed E-state index contributed by atoms with van der Waals surface area (Å²) in [5.41, 5.74) is 1.65. The van der Waals surface area contributed by atoms with Gasteiger partial charge < -0.3 is 9.64 Å². The average Bonchev–Trinajstić information content (AvgIpc) is 2.44. The Labute approximate surface area is 125 Å². The number of ether oxygens (including phenoxy) is 1. The first-order valence-corrected chi connectivity index (χ1v) is 6.22. The molecule has 0 N–H and O–H groups in total. The van der Waals surface area contributed by atoms with E-state index in [4.69, 9.17) is 0 Å². The minimum absolute atomic E-state index is 0.288. The molecule has 0 unspecified atom stereocenters. The van der Waals surface area contributed by atoms with Gasteiger partial charge in [-0.3, -0.25) is 0 Å². The summed E-state index contributed by atoms with van der Waals surface area (Å²) in [7, 11) is 3.63. The van der Waals surface area contributed by atoms with Gasteiger partial charge in [-0.05, 0) is 24.3 Å². The highest BCUT2D eigenvalue weighted by Crippen LogP contribution is 2.29. The second-order valence-electron chi connectivity index (χ2n) is 4.54. The van der Waals surface area contributed by atoms with Crippen molar-refractivity contribution in [3.05, 3.63) is 36.8 Å². The van der Waals surface area contributed by atoms with E-state index in [2.05, 4.69) is 19.7 Å². The van der Waals surface area contributed by atoms with Crippen LogP contribution in [0.4, 0.5) is 18.9 Å². The molecule has 0 bridgehead atoms. The Balaban J connectivity index is 2.29. The second-order valence-corrected chi connectivity index (χ2v) is 4.54. The number of aromatic nitrogens is 2. The fraction of sp³-hybridized carbons (Fsp3) is 0.214. The maximum Gasteiger partial charge on any atom is 0.573 e. The maximum absolute atomic E-state index is 12.1. The lowest BCUT2D eigenvalue weighted by atomic mass is 10.1. The van der Waals surface area contributed by atoms with Crippen molar-refractivity contribution in [3.8, 4) is 17.0 Å². The number of alkyl halides is 3. The third-order valence-electron chi connectivity index (χ3n) is 2.48. The number of rotatable bonds is 4. The molecule has 0 fully saturated rings. The molecule has 0 saturated carbocycles. The molecule has 0 spiro atoms. The molecule has 0 atom stereocenters. The highest BCUT2D eigenvalue weighted by Gasteiger charge is 2.31. The highest BCUT2D eigenvalue weighted by atomic mass is 19.4. The van der Waals surface area contributed by atoms with Gasteiger partial charge in [0.2, 0.25) is 0 Å². The normalized spacial score (nSPS) is 11.7. The van der Waals surface area contributed by atoms with E-state index in [0.717, 1.165) is 0 Å². The second kappa shape index (κ2) is 6.42. The topological polar surface area (TPSA) is 50.6 Å². The summed E-state index contributed by atoms with van der Waals surface area (Å²) >= 11 is 0. The number of hydrogen-bond donors (Lipinski definition) is 0. The van der Waals surface area contributed by atoms with E-state index in [0.29, 0.717) is 16.9 Å². The zero-order valence-corrected chi connectivity index (χ0v) is 11.9. The van der Waals surface area contributed by atoms with E-state index in [-0.39, 0.29) is 5.75 Å². The molecule has 1 heterocycles. The van der Waals surface area contributed by atoms with E-state index in [1.54, 1.807) is 11.2 Å². The van der Waals surface area contributed by atoms with Gasteiger partial charge in [-0.15, -0.1) is 13.2 Å². The monoisotopic (exact) mass is 310 g/mol. The van der Waals surface area contributed by atoms with Gasteiger partial charge in [0.05, 0.1) is 18.2 Å². The Hall–Kier alpha value is -2.64. The Morgan fingerprint density at radius 3 is 2.45 bits per heavy atom. The standard InChI is InChI=1S/C14H13F3N4O/c1-21(2)9-20-12-7-18-8-19-13(12)10-3-5-11(6-4-10)22-14(15,16)17/h3-9H,1-2H3. The lowest BCUT2D eigenvalue weighted by molar-refractivity contribution is -0.274. The van der Waals surface area contributed by atoms with Gasteiger partial charge >= 0.3 is 6.36 Å². The van der Waals surface area contributed by atoms with Gasteiger partial charge in [-0.1, -0.05) is 0 Å². The molecule has 116 valence electrons. The molecule has 5 nitrogen and oxygen atoms in total. The van der Waals surface area contributed by atoms with Crippen LogP contribution >= 0.6 is 0 Å². The van der Waals surface area contributed by atoms with Crippen molar-refractivity contribution in [1.29, 1.82) is 0 Å². The highest BCUT2D eigenvalue weighted by molar-refractivity contribution is 5.74. The van der Waals surface area contributed by atoms with Gasteiger partial charge in [0.15, 0.2) is 0 Å². The number of aliphatic imine (C=N–C) groups is 1. The van der Waals surface area contributed by atoms with Crippen LogP contribution in [0.15, 0.2) is 41.8 Å². The summed E-state index contributed by atoms with van der Waals surface area (Å²) < 4.78 is 40.2. The van der Waals surface area contributed by atoms with E-state index < -0.39 is 6.36 Å². The van der Waals surface area contributed by atoms with Crippen molar-refractivity contribution in [2.45, 2.75) is 6.36 Å². The first-order valence-electron chi connectivity index (χ1n) is 6.22. The van der Waals surface area contributed by atoms with E-state index in [1.807, 2.05) is 14.1 Å². The van der Waals surface area contributed by atoms with Crippen molar-refractivity contribution in [2.75, 3.05) is 14.1 Å². The summed E-state index contributed by atoms with van der Waals surface area (Å²) in [5.74, 6) is -0.288. The van der Waals surface area contributed by atoms with E-state index >= 15 is 0 Å². The fourth-order valence-electron chi connectivity index (χ4n) is 1.63. The summed E-state index contributed by atoms with van der Waals surface area (Å²) in [6.07, 6.45) is -0.243. The van der Waals surface area contributed by atoms with Gasteiger partial charge in [0, 0.05) is 19.7 Å². The number of benzene rings is 1. The summed E-state index contributed by atoms with van der Waals surface area (Å²) in [4.78, 5) is 14.0. The largest absolute Gasteiger partial charge is 0.573 e. The van der Waals surface area contributed by atoms with Crippen LogP contribution in [0.2, 0.25) is 0 Å². The molecule has 0 saturated heterocycles. The van der Waals surface area contributed by atoms with Crippen molar-refractivity contribution in [2.24, 2.45) is 4.99 Å². The lowest BCUT2D eigenvalue weighted by Crippen LogP contribution is -2.16. The minimum atomic E-state index is -4.71. The van der Waals surface area contributed by atoms with Crippen molar-refractivity contribution >= 4 is 12.0 Å². The number of nitrogens with zero attached hydrogens (tertiary/aromatic N) is 4. The zero-order valence-electron chi connectivity index (χ0n) is 11.9. The fourth-order valence-corrected chi connectivity index (χ4v) is 1.63. The average molecular weight is 310 g/mol. The van der Waals surface area contributed by atoms with Crippen molar-refractivity contribution < 1.29 is 17.9 Å². The molecule has 1 aromatic heterocycles. The third-order valence-corrected chi connectivity index (χ3v) is 2.48. The Bertz CT molecular complexity index is 654. The molecule has 22 heavy (non-hydrogen) atoms. The van der Waals surface area contributed by atoms with E-state index in [1.165, 1.54) is 36.8 Å². The molecular formula is C14H13F3N4O. The summed E-state index contributed by atoms with van der Waals surface area (Å²) in [6, 6.07) is 5.42. The minimum Gasteiger partial charge on any atom is -0.406 e. The summed E-state index contributed by atoms with van der Waals surface area (Å²) in [5, 5.41) is 0. The Kier molecular flexibility index (Phi) is 4.59. The smallest absolute Gasteiger partial charge is 0.406 e. The van der Waals surface area contributed by atoms with Gasteiger partial charge in [0.1, 0.15) is 17.8 Å². The molecule has 8 heteroatoms. The van der Waals surface area contributed by atoms with Crippen LogP contribution in [0.1, 0.15) is 0 Å². The van der Waals surface area contributed by atoms with Crippen molar-refractivity contribution in [1.82, 2.24) is 14.9 Å². The molecule has 1 aromatic carbocycles. The first-order chi connectivity index (χ1) is 10.3. The predicted molar refractivity (Wildman–Crippen MR) is 76.0 cm³/mol. The number of halogens is 3. The van der Waals surface area contributed by atoms with Crippen molar-refractivity contribution in [3.63, 3.8) is 0 Å². The Morgan fingerprint density at radius 1 is 1.18 bits per heavy atom. The first kappa shape index (κ1) is 15.7. The summed E-state index contributed by atoms with van der Waals surface area (Å²) in [6.45, 7) is 0. The molecule has 0 aliphatic heterocycles. The maximum atomic E-state index is 12.1. The molecule has 0 radical (unpaired) electrons.